The predicted octanol–water partition coefficient (Wildman–Crippen LogP) is 0.450. The molecule has 1 fully saturated rings. The number of carbonyl (C=O) groups is 1. The number of para-hydroxylation sites is 2. The van der Waals surface area contributed by atoms with Crippen LogP contribution in [0, 0.1) is 0 Å². The summed E-state index contributed by atoms with van der Waals surface area (Å²) in [4.78, 5) is 14.1. The summed E-state index contributed by atoms with van der Waals surface area (Å²) in [6, 6.07) is 7.60. The zero-order chi connectivity index (χ0) is 13.2. The number of anilines is 1. The first-order valence-electron chi connectivity index (χ1n) is 6.37. The molecule has 0 spiro atoms. The van der Waals surface area contributed by atoms with Crippen molar-refractivity contribution in [3.8, 4) is 5.75 Å². The minimum Gasteiger partial charge on any atom is -0.477 e. The summed E-state index contributed by atoms with van der Waals surface area (Å²) < 4.78 is 17.0. The van der Waals surface area contributed by atoms with E-state index >= 15 is 0 Å². The minimum atomic E-state index is -0.769. The van der Waals surface area contributed by atoms with Crippen molar-refractivity contribution in [2.45, 2.75) is 6.10 Å². The van der Waals surface area contributed by atoms with E-state index in [-0.39, 0.29) is 5.91 Å². The summed E-state index contributed by atoms with van der Waals surface area (Å²) in [6.07, 6.45) is -0.485. The fourth-order valence-corrected chi connectivity index (χ4v) is 3.36. The van der Waals surface area contributed by atoms with Crippen molar-refractivity contribution in [1.82, 2.24) is 4.90 Å². The summed E-state index contributed by atoms with van der Waals surface area (Å²) in [5.41, 5.74) is 0.922. The van der Waals surface area contributed by atoms with Crippen LogP contribution in [-0.4, -0.2) is 52.3 Å². The molecule has 1 amide bonds. The normalized spacial score (nSPS) is 23.2. The SMILES string of the molecule is O=C(C1CNc2ccccc2O1)N1CCS(=O)CC1. The molecule has 1 saturated heterocycles. The minimum absolute atomic E-state index is 0.0151. The van der Waals surface area contributed by atoms with E-state index in [0.29, 0.717) is 36.9 Å². The third-order valence-corrected chi connectivity index (χ3v) is 4.67. The second-order valence-electron chi connectivity index (χ2n) is 4.66. The molecule has 1 atom stereocenters. The van der Waals surface area contributed by atoms with E-state index in [1.165, 1.54) is 0 Å². The third-order valence-electron chi connectivity index (χ3n) is 3.40. The maximum absolute atomic E-state index is 12.3. The molecule has 1 unspecified atom stereocenters. The molecule has 1 aromatic rings. The van der Waals surface area contributed by atoms with Gasteiger partial charge in [-0.15, -0.1) is 0 Å². The number of benzene rings is 1. The fourth-order valence-electron chi connectivity index (χ4n) is 2.31. The van der Waals surface area contributed by atoms with E-state index in [2.05, 4.69) is 5.32 Å². The van der Waals surface area contributed by atoms with Crippen LogP contribution in [0.3, 0.4) is 0 Å². The van der Waals surface area contributed by atoms with Gasteiger partial charge in [0.25, 0.3) is 5.91 Å². The zero-order valence-corrected chi connectivity index (χ0v) is 11.3. The lowest BCUT2D eigenvalue weighted by molar-refractivity contribution is -0.137. The summed E-state index contributed by atoms with van der Waals surface area (Å²) in [6.45, 7) is 1.61. The number of ether oxygens (including phenoxy) is 1. The lowest BCUT2D eigenvalue weighted by atomic mass is 10.2. The highest BCUT2D eigenvalue weighted by Gasteiger charge is 2.31. The summed E-state index contributed by atoms with van der Waals surface area (Å²) in [7, 11) is -0.769. The van der Waals surface area contributed by atoms with Crippen molar-refractivity contribution in [3.63, 3.8) is 0 Å². The number of fused-ring (bicyclic) bond motifs is 1. The summed E-state index contributed by atoms with van der Waals surface area (Å²) >= 11 is 0. The highest BCUT2D eigenvalue weighted by Crippen LogP contribution is 2.28. The second kappa shape index (κ2) is 5.21. The Kier molecular flexibility index (Phi) is 3.42. The maximum Gasteiger partial charge on any atom is 0.265 e. The third kappa shape index (κ3) is 2.58. The molecule has 1 aromatic carbocycles. The van der Waals surface area contributed by atoms with E-state index in [1.54, 1.807) is 4.90 Å². The van der Waals surface area contributed by atoms with Gasteiger partial charge in [-0.25, -0.2) is 0 Å². The molecule has 0 bridgehead atoms. The Morgan fingerprint density at radius 2 is 2.05 bits per heavy atom. The van der Waals surface area contributed by atoms with Gasteiger partial charge in [0.2, 0.25) is 0 Å². The molecule has 1 N–H and O–H groups in total. The molecule has 102 valence electrons. The Hall–Kier alpha value is -1.56. The monoisotopic (exact) mass is 280 g/mol. The highest BCUT2D eigenvalue weighted by atomic mass is 32.2. The summed E-state index contributed by atoms with van der Waals surface area (Å²) in [5.74, 6) is 1.84. The van der Waals surface area contributed by atoms with Crippen molar-refractivity contribution in [3.05, 3.63) is 24.3 Å². The first-order chi connectivity index (χ1) is 9.24. The molecule has 0 saturated carbocycles. The predicted molar refractivity (Wildman–Crippen MR) is 73.8 cm³/mol. The number of carbonyl (C=O) groups excluding carboxylic acids is 1. The van der Waals surface area contributed by atoms with E-state index < -0.39 is 16.9 Å². The second-order valence-corrected chi connectivity index (χ2v) is 6.35. The molecule has 0 radical (unpaired) electrons. The van der Waals surface area contributed by atoms with Crippen LogP contribution in [0.1, 0.15) is 0 Å². The molecule has 0 aromatic heterocycles. The van der Waals surface area contributed by atoms with Crippen LogP contribution in [0.2, 0.25) is 0 Å². The maximum atomic E-state index is 12.3. The average Bonchev–Trinajstić information content (AvgIpc) is 2.47. The van der Waals surface area contributed by atoms with E-state index in [0.717, 1.165) is 5.69 Å². The highest BCUT2D eigenvalue weighted by molar-refractivity contribution is 7.85. The quantitative estimate of drug-likeness (QED) is 0.811. The van der Waals surface area contributed by atoms with Crippen molar-refractivity contribution in [2.75, 3.05) is 36.5 Å². The number of rotatable bonds is 1. The number of amides is 1. The van der Waals surface area contributed by atoms with Crippen molar-refractivity contribution < 1.29 is 13.7 Å². The first-order valence-corrected chi connectivity index (χ1v) is 7.86. The number of hydrogen-bond acceptors (Lipinski definition) is 4. The van der Waals surface area contributed by atoms with Crippen molar-refractivity contribution in [1.29, 1.82) is 0 Å². The van der Waals surface area contributed by atoms with Gasteiger partial charge in [0.15, 0.2) is 6.10 Å². The van der Waals surface area contributed by atoms with Crippen LogP contribution >= 0.6 is 0 Å². The zero-order valence-electron chi connectivity index (χ0n) is 10.5. The summed E-state index contributed by atoms with van der Waals surface area (Å²) in [5, 5.41) is 3.21. The van der Waals surface area contributed by atoms with Gasteiger partial charge in [0.1, 0.15) is 5.75 Å². The van der Waals surface area contributed by atoms with Crippen LogP contribution in [0.5, 0.6) is 5.75 Å². The number of hydrogen-bond donors (Lipinski definition) is 1. The van der Waals surface area contributed by atoms with E-state index in [1.807, 2.05) is 24.3 Å². The van der Waals surface area contributed by atoms with Crippen LogP contribution < -0.4 is 10.1 Å². The van der Waals surface area contributed by atoms with E-state index in [4.69, 9.17) is 4.74 Å². The fraction of sp³-hybridized carbons (Fsp3) is 0.462. The number of nitrogens with zero attached hydrogens (tertiary/aromatic N) is 1. The van der Waals surface area contributed by atoms with Gasteiger partial charge in [-0.1, -0.05) is 12.1 Å². The van der Waals surface area contributed by atoms with Crippen LogP contribution in [0.4, 0.5) is 5.69 Å². The Morgan fingerprint density at radius 3 is 2.84 bits per heavy atom. The lowest BCUT2D eigenvalue weighted by Gasteiger charge is -2.32. The average molecular weight is 280 g/mol. The Labute approximate surface area is 114 Å². The van der Waals surface area contributed by atoms with Gasteiger partial charge in [-0.2, -0.15) is 0 Å². The Bertz CT molecular complexity index is 510. The topological polar surface area (TPSA) is 58.6 Å². The van der Waals surface area contributed by atoms with Crippen LogP contribution in [-0.2, 0) is 15.6 Å². The van der Waals surface area contributed by atoms with Crippen molar-refractivity contribution in [2.24, 2.45) is 0 Å². The Morgan fingerprint density at radius 1 is 1.32 bits per heavy atom. The van der Waals surface area contributed by atoms with Gasteiger partial charge >= 0.3 is 0 Å². The first kappa shape index (κ1) is 12.5. The number of nitrogens with one attached hydrogen (secondary N) is 1. The lowest BCUT2D eigenvalue weighted by Crippen LogP contribution is -2.51. The van der Waals surface area contributed by atoms with Crippen LogP contribution in [0.25, 0.3) is 0 Å². The molecule has 2 aliphatic heterocycles. The van der Waals surface area contributed by atoms with Crippen LogP contribution in [0.15, 0.2) is 24.3 Å². The van der Waals surface area contributed by atoms with E-state index in [9.17, 15) is 9.00 Å². The van der Waals surface area contributed by atoms with Gasteiger partial charge < -0.3 is 15.0 Å². The van der Waals surface area contributed by atoms with Gasteiger partial charge in [-0.05, 0) is 12.1 Å². The molecule has 3 rings (SSSR count). The Balaban J connectivity index is 1.67. The smallest absolute Gasteiger partial charge is 0.265 e. The molecular formula is C13H16N2O3S. The molecule has 2 heterocycles. The van der Waals surface area contributed by atoms with Gasteiger partial charge in [0, 0.05) is 35.4 Å². The van der Waals surface area contributed by atoms with Gasteiger partial charge in [-0.3, -0.25) is 9.00 Å². The molecule has 5 nitrogen and oxygen atoms in total. The molecule has 19 heavy (non-hydrogen) atoms. The van der Waals surface area contributed by atoms with Gasteiger partial charge in [0.05, 0.1) is 12.2 Å². The molecule has 6 heteroatoms. The van der Waals surface area contributed by atoms with Crippen molar-refractivity contribution >= 4 is 22.4 Å². The largest absolute Gasteiger partial charge is 0.477 e. The molecule has 0 aliphatic carbocycles. The molecular weight excluding hydrogens is 264 g/mol. The standard InChI is InChI=1S/C13H16N2O3S/c16-13(15-5-7-19(17)8-6-15)12-9-14-10-3-1-2-4-11(10)18-12/h1-4,12,14H,5-9H2. The molecule has 2 aliphatic rings.